The molecule has 0 aliphatic carbocycles. The third-order valence-electron chi connectivity index (χ3n) is 1.60. The van der Waals surface area contributed by atoms with Crippen LogP contribution in [0.3, 0.4) is 0 Å². The van der Waals surface area contributed by atoms with E-state index in [4.69, 9.17) is 15.3 Å². The predicted molar refractivity (Wildman–Crippen MR) is 59.8 cm³/mol. The number of aliphatic hydroxyl groups excluding tert-OH is 1. The number of likely N-dealkylation sites (N-methyl/N-ethyl adjacent to an activating group) is 1. The van der Waals surface area contributed by atoms with Gasteiger partial charge in [-0.25, -0.2) is 0 Å². The van der Waals surface area contributed by atoms with Gasteiger partial charge in [0.15, 0.2) is 0 Å². The molecule has 0 atom stereocenters. The van der Waals surface area contributed by atoms with Crippen molar-refractivity contribution in [3.8, 4) is 11.5 Å². The molecule has 0 fully saturated rings. The number of phenols is 2. The van der Waals surface area contributed by atoms with Crippen LogP contribution in [0, 0.1) is 0 Å². The minimum absolute atomic E-state index is 0. The zero-order valence-electron chi connectivity index (χ0n) is 9.89. The Morgan fingerprint density at radius 1 is 1.06 bits per heavy atom. The molecular formula is C11H20ClNO3. The van der Waals surface area contributed by atoms with Crippen molar-refractivity contribution in [3.63, 3.8) is 0 Å². The number of hydrogen-bond donors (Lipinski definition) is 3. The maximum atomic E-state index is 8.65. The van der Waals surface area contributed by atoms with Crippen LogP contribution in [0.5, 0.6) is 11.5 Å². The van der Waals surface area contributed by atoms with E-state index < -0.39 is 0 Å². The summed E-state index contributed by atoms with van der Waals surface area (Å²) >= 11 is 0. The second-order valence-electron chi connectivity index (χ2n) is 4.26. The van der Waals surface area contributed by atoms with Crippen molar-refractivity contribution in [2.24, 2.45) is 0 Å². The molecule has 94 valence electrons. The van der Waals surface area contributed by atoms with Crippen LogP contribution in [0.25, 0.3) is 0 Å². The quantitative estimate of drug-likeness (QED) is 0.521. The molecule has 0 amide bonds. The van der Waals surface area contributed by atoms with Crippen LogP contribution in [0.15, 0.2) is 24.3 Å². The van der Waals surface area contributed by atoms with E-state index in [1.54, 1.807) is 6.07 Å². The van der Waals surface area contributed by atoms with Gasteiger partial charge in [0.05, 0.1) is 27.7 Å². The summed E-state index contributed by atoms with van der Waals surface area (Å²) < 4.78 is 0.844. The molecule has 16 heavy (non-hydrogen) atoms. The number of rotatable bonds is 2. The van der Waals surface area contributed by atoms with E-state index in [0.717, 1.165) is 11.0 Å². The van der Waals surface area contributed by atoms with Gasteiger partial charge in [-0.05, 0) is 12.1 Å². The first-order valence-corrected chi connectivity index (χ1v) is 4.74. The summed E-state index contributed by atoms with van der Waals surface area (Å²) in [5.74, 6) is 0.176. The number of aromatic hydroxyl groups is 2. The molecular weight excluding hydrogens is 230 g/mol. The fourth-order valence-electron chi connectivity index (χ4n) is 0.793. The molecule has 0 aliphatic heterocycles. The predicted octanol–water partition coefficient (Wildman–Crippen LogP) is -2.21. The van der Waals surface area contributed by atoms with Crippen molar-refractivity contribution in [1.82, 2.24) is 0 Å². The lowest BCUT2D eigenvalue weighted by molar-refractivity contribution is -0.870. The summed E-state index contributed by atoms with van der Waals surface area (Å²) in [4.78, 5) is 0. The Morgan fingerprint density at radius 3 is 1.62 bits per heavy atom. The monoisotopic (exact) mass is 249 g/mol. The van der Waals surface area contributed by atoms with E-state index >= 15 is 0 Å². The SMILES string of the molecule is C[N+](C)(C)CCO.Oc1cccc(O)c1.[Cl-]. The number of aliphatic hydroxyl groups is 1. The molecule has 0 bridgehead atoms. The number of nitrogens with zero attached hydrogens (tertiary/aromatic N) is 1. The molecule has 5 heteroatoms. The van der Waals surface area contributed by atoms with Crippen LogP contribution < -0.4 is 12.4 Å². The van der Waals surface area contributed by atoms with E-state index in [9.17, 15) is 0 Å². The Hall–Kier alpha value is -0.970. The van der Waals surface area contributed by atoms with Gasteiger partial charge in [-0.1, -0.05) is 6.07 Å². The Bertz CT molecular complexity index is 270. The molecule has 0 aliphatic rings. The molecule has 0 spiro atoms. The van der Waals surface area contributed by atoms with E-state index in [0.29, 0.717) is 0 Å². The zero-order chi connectivity index (χ0) is 11.9. The molecule has 4 nitrogen and oxygen atoms in total. The van der Waals surface area contributed by atoms with Crippen molar-refractivity contribution in [3.05, 3.63) is 24.3 Å². The topological polar surface area (TPSA) is 60.7 Å². The molecule has 0 heterocycles. The summed E-state index contributed by atoms with van der Waals surface area (Å²) in [7, 11) is 6.16. The lowest BCUT2D eigenvalue weighted by Crippen LogP contribution is -3.00. The van der Waals surface area contributed by atoms with Crippen LogP contribution in [0.2, 0.25) is 0 Å². The van der Waals surface area contributed by atoms with Gasteiger partial charge in [0.2, 0.25) is 0 Å². The molecule has 0 saturated carbocycles. The van der Waals surface area contributed by atoms with Gasteiger partial charge in [-0.3, -0.25) is 0 Å². The van der Waals surface area contributed by atoms with E-state index in [1.165, 1.54) is 18.2 Å². The molecule has 3 N–H and O–H groups in total. The first-order valence-electron chi connectivity index (χ1n) is 4.74. The van der Waals surface area contributed by atoms with Gasteiger partial charge < -0.3 is 32.2 Å². The van der Waals surface area contributed by atoms with Crippen molar-refractivity contribution in [1.29, 1.82) is 0 Å². The van der Waals surface area contributed by atoms with Crippen molar-refractivity contribution < 1.29 is 32.2 Å². The minimum Gasteiger partial charge on any atom is -1.00 e. The second-order valence-corrected chi connectivity index (χ2v) is 4.26. The third-order valence-corrected chi connectivity index (χ3v) is 1.60. The third kappa shape index (κ3) is 11.1. The highest BCUT2D eigenvalue weighted by Gasteiger charge is 2.02. The summed E-state index contributed by atoms with van der Waals surface area (Å²) in [6.07, 6.45) is 0. The van der Waals surface area contributed by atoms with Crippen LogP contribution in [-0.4, -0.2) is 54.1 Å². The first-order chi connectivity index (χ1) is 6.85. The van der Waals surface area contributed by atoms with Crippen molar-refractivity contribution in [2.45, 2.75) is 0 Å². The van der Waals surface area contributed by atoms with Crippen LogP contribution in [-0.2, 0) is 0 Å². The van der Waals surface area contributed by atoms with Gasteiger partial charge in [-0.15, -0.1) is 0 Å². The summed E-state index contributed by atoms with van der Waals surface area (Å²) in [5.41, 5.74) is 0. The second kappa shape index (κ2) is 8.21. The fourth-order valence-corrected chi connectivity index (χ4v) is 0.793. The maximum Gasteiger partial charge on any atom is 0.119 e. The molecule has 0 saturated heterocycles. The Labute approximate surface area is 103 Å². The van der Waals surface area contributed by atoms with E-state index in [-0.39, 0.29) is 30.5 Å². The summed E-state index contributed by atoms with van der Waals surface area (Å²) in [6.45, 7) is 1.11. The van der Waals surface area contributed by atoms with Gasteiger partial charge in [0.25, 0.3) is 0 Å². The average Bonchev–Trinajstić information content (AvgIpc) is 2.01. The van der Waals surface area contributed by atoms with Gasteiger partial charge in [0, 0.05) is 6.07 Å². The molecule has 0 unspecified atom stereocenters. The highest BCUT2D eigenvalue weighted by Crippen LogP contribution is 2.14. The van der Waals surface area contributed by atoms with Crippen LogP contribution in [0.4, 0.5) is 0 Å². The van der Waals surface area contributed by atoms with Gasteiger partial charge in [-0.2, -0.15) is 0 Å². The maximum absolute atomic E-state index is 8.65. The lowest BCUT2D eigenvalue weighted by atomic mass is 10.3. The molecule has 1 aromatic carbocycles. The number of quaternary nitrogens is 1. The van der Waals surface area contributed by atoms with E-state index in [2.05, 4.69) is 21.1 Å². The average molecular weight is 250 g/mol. The summed E-state index contributed by atoms with van der Waals surface area (Å²) in [5, 5.41) is 25.7. The van der Waals surface area contributed by atoms with E-state index in [1.807, 2.05) is 0 Å². The highest BCUT2D eigenvalue weighted by atomic mass is 35.5. The van der Waals surface area contributed by atoms with Crippen molar-refractivity contribution in [2.75, 3.05) is 34.3 Å². The Kier molecular flexibility index (Phi) is 8.95. The smallest absolute Gasteiger partial charge is 0.119 e. The number of halogens is 1. The molecule has 1 rings (SSSR count). The zero-order valence-corrected chi connectivity index (χ0v) is 10.6. The number of phenolic OH excluding ortho intramolecular Hbond substituents is 2. The molecule has 0 radical (unpaired) electrons. The van der Waals surface area contributed by atoms with Gasteiger partial charge in [0.1, 0.15) is 18.0 Å². The Balaban J connectivity index is 0. The van der Waals surface area contributed by atoms with Crippen LogP contribution in [0.1, 0.15) is 0 Å². The van der Waals surface area contributed by atoms with Crippen molar-refractivity contribution >= 4 is 0 Å². The largest absolute Gasteiger partial charge is 1.00 e. The minimum atomic E-state index is 0. The highest BCUT2D eigenvalue weighted by molar-refractivity contribution is 5.30. The molecule has 1 aromatic rings. The molecule has 0 aromatic heterocycles. The normalized spacial score (nSPS) is 9.75. The Morgan fingerprint density at radius 2 is 1.50 bits per heavy atom. The lowest BCUT2D eigenvalue weighted by Gasteiger charge is -2.21. The fraction of sp³-hybridized carbons (Fsp3) is 0.455. The standard InChI is InChI=1S/C6H6O2.C5H14NO.ClH/c7-5-2-1-3-6(8)4-5;1-6(2,3)4-5-7;/h1-4,7-8H;7H,4-5H2,1-3H3;1H/q;+1;/p-1. The first kappa shape index (κ1) is 17.4. The van der Waals surface area contributed by atoms with Gasteiger partial charge >= 0.3 is 0 Å². The summed E-state index contributed by atoms with van der Waals surface area (Å²) in [6, 6.07) is 5.85. The van der Waals surface area contributed by atoms with Crippen LogP contribution >= 0.6 is 0 Å². The number of hydrogen-bond acceptors (Lipinski definition) is 3. The number of benzene rings is 1.